The van der Waals surface area contributed by atoms with Crippen molar-refractivity contribution in [2.24, 2.45) is 5.92 Å². The van der Waals surface area contributed by atoms with Crippen molar-refractivity contribution < 1.29 is 14.0 Å². The van der Waals surface area contributed by atoms with Crippen molar-refractivity contribution in [2.75, 3.05) is 19.8 Å². The van der Waals surface area contributed by atoms with Gasteiger partial charge in [0.2, 0.25) is 0 Å². The van der Waals surface area contributed by atoms with Gasteiger partial charge in [0, 0.05) is 5.41 Å². The first-order chi connectivity index (χ1) is 8.68. The molecule has 1 aromatic rings. The normalized spacial score (nSPS) is 26.0. The molecular formula is C13H20N2O3. The van der Waals surface area contributed by atoms with Crippen LogP contribution in [0.5, 0.6) is 0 Å². The summed E-state index contributed by atoms with van der Waals surface area (Å²) in [7, 11) is 0. The van der Waals surface area contributed by atoms with Crippen LogP contribution in [-0.4, -0.2) is 30.0 Å². The van der Waals surface area contributed by atoms with E-state index in [9.17, 15) is 0 Å². The molecule has 0 radical (unpaired) electrons. The summed E-state index contributed by atoms with van der Waals surface area (Å²) in [5.41, 5.74) is -0.00444. The summed E-state index contributed by atoms with van der Waals surface area (Å²) < 4.78 is 16.3. The minimum Gasteiger partial charge on any atom is -0.376 e. The van der Waals surface area contributed by atoms with Gasteiger partial charge in [0.25, 0.3) is 5.89 Å². The van der Waals surface area contributed by atoms with Crippen LogP contribution in [-0.2, 0) is 14.9 Å². The predicted molar refractivity (Wildman–Crippen MR) is 64.2 cm³/mol. The van der Waals surface area contributed by atoms with Crippen molar-refractivity contribution >= 4 is 0 Å². The first-order valence-corrected chi connectivity index (χ1v) is 6.71. The van der Waals surface area contributed by atoms with Gasteiger partial charge >= 0.3 is 0 Å². The monoisotopic (exact) mass is 252 g/mol. The van der Waals surface area contributed by atoms with Crippen molar-refractivity contribution in [3.8, 4) is 0 Å². The molecular weight excluding hydrogens is 232 g/mol. The lowest BCUT2D eigenvalue weighted by Gasteiger charge is -2.37. The standard InChI is InChI=1S/C13H20N2O3/c1-13(2,9-4-3-5-9)12-14-11(18-15-12)10-8-16-6-7-17-10/h9-10H,3-8H2,1-2H3. The quantitative estimate of drug-likeness (QED) is 0.825. The van der Waals surface area contributed by atoms with Crippen LogP contribution in [0.3, 0.4) is 0 Å². The molecule has 3 rings (SSSR count). The summed E-state index contributed by atoms with van der Waals surface area (Å²) in [6, 6.07) is 0. The molecule has 0 aromatic carbocycles. The molecule has 2 aliphatic rings. The molecule has 1 aliphatic heterocycles. The number of ether oxygens (including phenoxy) is 2. The average Bonchev–Trinajstić information content (AvgIpc) is 2.77. The summed E-state index contributed by atoms with van der Waals surface area (Å²) in [5, 5.41) is 4.14. The first kappa shape index (κ1) is 12.1. The van der Waals surface area contributed by atoms with Crippen molar-refractivity contribution in [2.45, 2.75) is 44.6 Å². The van der Waals surface area contributed by atoms with E-state index >= 15 is 0 Å². The van der Waals surface area contributed by atoms with Gasteiger partial charge in [-0.15, -0.1) is 0 Å². The fourth-order valence-electron chi connectivity index (χ4n) is 2.57. The summed E-state index contributed by atoms with van der Waals surface area (Å²) in [6.45, 7) is 6.14. The fourth-order valence-corrected chi connectivity index (χ4v) is 2.57. The number of rotatable bonds is 3. The third-order valence-corrected chi connectivity index (χ3v) is 4.24. The Balaban J connectivity index is 1.75. The van der Waals surface area contributed by atoms with Gasteiger partial charge in [0.05, 0.1) is 19.8 Å². The van der Waals surface area contributed by atoms with Gasteiger partial charge < -0.3 is 14.0 Å². The molecule has 100 valence electrons. The molecule has 2 fully saturated rings. The zero-order chi connectivity index (χ0) is 12.6. The molecule has 1 atom stereocenters. The zero-order valence-corrected chi connectivity index (χ0v) is 11.0. The molecule has 0 bridgehead atoms. The number of hydrogen-bond acceptors (Lipinski definition) is 5. The maximum atomic E-state index is 5.57. The number of aromatic nitrogens is 2. The summed E-state index contributed by atoms with van der Waals surface area (Å²) in [5.74, 6) is 2.03. The fraction of sp³-hybridized carbons (Fsp3) is 0.846. The third kappa shape index (κ3) is 2.06. The summed E-state index contributed by atoms with van der Waals surface area (Å²) in [6.07, 6.45) is 3.65. The van der Waals surface area contributed by atoms with Gasteiger partial charge in [-0.2, -0.15) is 4.98 Å². The van der Waals surface area contributed by atoms with E-state index in [0.29, 0.717) is 31.6 Å². The van der Waals surface area contributed by atoms with Crippen LogP contribution >= 0.6 is 0 Å². The van der Waals surface area contributed by atoms with Gasteiger partial charge in [-0.05, 0) is 18.8 Å². The van der Waals surface area contributed by atoms with E-state index in [-0.39, 0.29) is 11.5 Å². The van der Waals surface area contributed by atoms with E-state index in [1.807, 2.05) is 0 Å². The Morgan fingerprint density at radius 1 is 1.22 bits per heavy atom. The molecule has 5 nitrogen and oxygen atoms in total. The van der Waals surface area contributed by atoms with Crippen LogP contribution in [0.4, 0.5) is 0 Å². The van der Waals surface area contributed by atoms with E-state index in [1.54, 1.807) is 0 Å². The smallest absolute Gasteiger partial charge is 0.258 e. The minimum atomic E-state index is -0.197. The molecule has 1 saturated carbocycles. The number of nitrogens with zero attached hydrogens (tertiary/aromatic N) is 2. The van der Waals surface area contributed by atoms with Crippen molar-refractivity contribution in [3.63, 3.8) is 0 Å². The van der Waals surface area contributed by atoms with Gasteiger partial charge in [0.1, 0.15) is 0 Å². The van der Waals surface area contributed by atoms with Crippen LogP contribution in [0.15, 0.2) is 4.52 Å². The molecule has 2 heterocycles. The topological polar surface area (TPSA) is 57.4 Å². The molecule has 18 heavy (non-hydrogen) atoms. The first-order valence-electron chi connectivity index (χ1n) is 6.71. The van der Waals surface area contributed by atoms with Crippen LogP contribution < -0.4 is 0 Å². The van der Waals surface area contributed by atoms with Gasteiger partial charge in [-0.3, -0.25) is 0 Å². The Bertz CT molecular complexity index is 406. The van der Waals surface area contributed by atoms with Crippen LogP contribution in [0.2, 0.25) is 0 Å². The highest BCUT2D eigenvalue weighted by atomic mass is 16.6. The lowest BCUT2D eigenvalue weighted by atomic mass is 9.67. The third-order valence-electron chi connectivity index (χ3n) is 4.24. The van der Waals surface area contributed by atoms with Crippen molar-refractivity contribution in [3.05, 3.63) is 11.7 Å². The molecule has 1 saturated heterocycles. The Morgan fingerprint density at radius 3 is 2.67 bits per heavy atom. The Hall–Kier alpha value is -0.940. The molecule has 1 aliphatic carbocycles. The van der Waals surface area contributed by atoms with E-state index in [2.05, 4.69) is 24.0 Å². The van der Waals surface area contributed by atoms with Gasteiger partial charge in [-0.25, -0.2) is 0 Å². The Morgan fingerprint density at radius 2 is 2.06 bits per heavy atom. The Kier molecular flexibility index (Phi) is 3.11. The van der Waals surface area contributed by atoms with E-state index in [4.69, 9.17) is 14.0 Å². The molecule has 5 heteroatoms. The van der Waals surface area contributed by atoms with Crippen molar-refractivity contribution in [1.82, 2.24) is 10.1 Å². The number of hydrogen-bond donors (Lipinski definition) is 0. The highest BCUT2D eigenvalue weighted by Gasteiger charge is 2.39. The van der Waals surface area contributed by atoms with Gasteiger partial charge in [-0.1, -0.05) is 25.4 Å². The van der Waals surface area contributed by atoms with E-state index in [0.717, 1.165) is 5.82 Å². The predicted octanol–water partition coefficient (Wildman–Crippen LogP) is 2.24. The second-order valence-corrected chi connectivity index (χ2v) is 5.74. The second-order valence-electron chi connectivity index (χ2n) is 5.74. The SMILES string of the molecule is CC(C)(c1noc(C2COCCO2)n1)C1CCC1. The lowest BCUT2D eigenvalue weighted by molar-refractivity contribution is -0.101. The van der Waals surface area contributed by atoms with E-state index < -0.39 is 0 Å². The highest BCUT2D eigenvalue weighted by Crippen LogP contribution is 2.42. The van der Waals surface area contributed by atoms with Crippen LogP contribution in [0, 0.1) is 5.92 Å². The highest BCUT2D eigenvalue weighted by molar-refractivity contribution is 5.08. The summed E-state index contributed by atoms with van der Waals surface area (Å²) >= 11 is 0. The molecule has 0 spiro atoms. The second kappa shape index (κ2) is 4.63. The molecule has 1 aromatic heterocycles. The van der Waals surface area contributed by atoms with Gasteiger partial charge in [0.15, 0.2) is 11.9 Å². The molecule has 1 unspecified atom stereocenters. The minimum absolute atomic E-state index is 0.00444. The zero-order valence-electron chi connectivity index (χ0n) is 11.0. The van der Waals surface area contributed by atoms with E-state index in [1.165, 1.54) is 19.3 Å². The van der Waals surface area contributed by atoms with Crippen molar-refractivity contribution in [1.29, 1.82) is 0 Å². The largest absolute Gasteiger partial charge is 0.376 e. The molecule has 0 amide bonds. The maximum absolute atomic E-state index is 5.57. The lowest BCUT2D eigenvalue weighted by Crippen LogP contribution is -2.34. The maximum Gasteiger partial charge on any atom is 0.258 e. The summed E-state index contributed by atoms with van der Waals surface area (Å²) in [4.78, 5) is 4.53. The average molecular weight is 252 g/mol. The Labute approximate surface area is 107 Å². The molecule has 0 N–H and O–H groups in total. The van der Waals surface area contributed by atoms with Crippen LogP contribution in [0.1, 0.15) is 50.9 Å². The van der Waals surface area contributed by atoms with Crippen LogP contribution in [0.25, 0.3) is 0 Å².